The summed E-state index contributed by atoms with van der Waals surface area (Å²) in [5, 5.41) is 3.09. The Kier molecular flexibility index (Phi) is 4.56. The smallest absolute Gasteiger partial charge is 0.251 e. The molecular weight excluding hydrogens is 305 g/mol. The number of amides is 1. The number of carbonyl (C=O) groups excluding carboxylic acids is 1. The Balaban J connectivity index is 1.88. The van der Waals surface area contributed by atoms with Crippen molar-refractivity contribution in [2.24, 2.45) is 0 Å². The van der Waals surface area contributed by atoms with Gasteiger partial charge in [0.2, 0.25) is 0 Å². The number of para-hydroxylation sites is 1. The predicted molar refractivity (Wildman–Crippen MR) is 91.6 cm³/mol. The van der Waals surface area contributed by atoms with Crippen molar-refractivity contribution < 1.29 is 13.9 Å². The van der Waals surface area contributed by atoms with Gasteiger partial charge in [-0.2, -0.15) is 0 Å². The van der Waals surface area contributed by atoms with Crippen LogP contribution in [0.2, 0.25) is 0 Å². The van der Waals surface area contributed by atoms with Crippen LogP contribution in [-0.2, 0) is 0 Å². The molecule has 2 aromatic rings. The molecule has 1 amide bonds. The van der Waals surface area contributed by atoms with Gasteiger partial charge in [-0.3, -0.25) is 4.79 Å². The molecule has 24 heavy (non-hydrogen) atoms. The molecule has 0 aromatic heterocycles. The highest BCUT2D eigenvalue weighted by Crippen LogP contribution is 2.42. The second-order valence-electron chi connectivity index (χ2n) is 6.27. The number of hydrogen-bond donors (Lipinski definition) is 1. The zero-order chi connectivity index (χ0) is 17.2. The Labute approximate surface area is 141 Å². The van der Waals surface area contributed by atoms with Crippen molar-refractivity contribution in [3.63, 3.8) is 0 Å². The van der Waals surface area contributed by atoms with Gasteiger partial charge in [0.05, 0.1) is 6.04 Å². The lowest BCUT2D eigenvalue weighted by Crippen LogP contribution is -2.44. The summed E-state index contributed by atoms with van der Waals surface area (Å²) in [5.74, 6) is 0.286. The lowest BCUT2D eigenvalue weighted by Gasteiger charge is -2.41. The van der Waals surface area contributed by atoms with E-state index in [-0.39, 0.29) is 23.4 Å². The molecule has 0 unspecified atom stereocenters. The minimum Gasteiger partial charge on any atom is -0.487 e. The topological polar surface area (TPSA) is 38.3 Å². The van der Waals surface area contributed by atoms with Crippen molar-refractivity contribution in [3.8, 4) is 5.75 Å². The van der Waals surface area contributed by atoms with E-state index in [1.54, 1.807) is 0 Å². The van der Waals surface area contributed by atoms with E-state index in [0.29, 0.717) is 5.56 Å². The number of carbonyl (C=O) groups is 1. The largest absolute Gasteiger partial charge is 0.487 e. The van der Waals surface area contributed by atoms with Crippen LogP contribution in [0, 0.1) is 5.82 Å². The first-order valence-electron chi connectivity index (χ1n) is 8.41. The fourth-order valence-corrected chi connectivity index (χ4v) is 3.27. The summed E-state index contributed by atoms with van der Waals surface area (Å²) in [6.45, 7) is 4.21. The summed E-state index contributed by atoms with van der Waals surface area (Å²) < 4.78 is 19.3. The van der Waals surface area contributed by atoms with E-state index in [1.165, 1.54) is 24.3 Å². The highest BCUT2D eigenvalue weighted by atomic mass is 19.1. The Morgan fingerprint density at radius 2 is 1.83 bits per heavy atom. The fraction of sp³-hybridized carbons (Fsp3) is 0.350. The number of rotatable bonds is 4. The van der Waals surface area contributed by atoms with Crippen molar-refractivity contribution in [1.82, 2.24) is 5.32 Å². The summed E-state index contributed by atoms with van der Waals surface area (Å²) in [6, 6.07) is 13.3. The predicted octanol–water partition coefficient (Wildman–Crippen LogP) is 4.64. The summed E-state index contributed by atoms with van der Waals surface area (Å²) in [5.41, 5.74) is 1.18. The Morgan fingerprint density at radius 3 is 2.50 bits per heavy atom. The molecular formula is C20H22FNO2. The first-order valence-corrected chi connectivity index (χ1v) is 8.41. The average molecular weight is 327 g/mol. The van der Waals surface area contributed by atoms with E-state index in [0.717, 1.165) is 30.6 Å². The van der Waals surface area contributed by atoms with Crippen molar-refractivity contribution >= 4 is 5.91 Å². The summed E-state index contributed by atoms with van der Waals surface area (Å²) >= 11 is 0. The maximum atomic E-state index is 13.1. The monoisotopic (exact) mass is 327 g/mol. The van der Waals surface area contributed by atoms with Gasteiger partial charge in [-0.1, -0.05) is 32.0 Å². The lowest BCUT2D eigenvalue weighted by molar-refractivity contribution is 0.0227. The van der Waals surface area contributed by atoms with Gasteiger partial charge in [-0.15, -0.1) is 0 Å². The Morgan fingerprint density at radius 1 is 1.17 bits per heavy atom. The molecule has 0 saturated heterocycles. The van der Waals surface area contributed by atoms with E-state index in [9.17, 15) is 9.18 Å². The molecule has 0 saturated carbocycles. The number of fused-ring (bicyclic) bond motifs is 1. The molecule has 1 atom stereocenters. The van der Waals surface area contributed by atoms with Crippen LogP contribution in [0.1, 0.15) is 55.1 Å². The first kappa shape index (κ1) is 16.5. The molecule has 0 radical (unpaired) electrons. The molecule has 2 aromatic carbocycles. The minimum atomic E-state index is -0.348. The number of hydrogen-bond acceptors (Lipinski definition) is 2. The highest BCUT2D eigenvalue weighted by molar-refractivity contribution is 5.94. The molecule has 1 N–H and O–H groups in total. The van der Waals surface area contributed by atoms with Crippen LogP contribution < -0.4 is 10.1 Å². The fourth-order valence-electron chi connectivity index (χ4n) is 3.27. The maximum Gasteiger partial charge on any atom is 0.251 e. The van der Waals surface area contributed by atoms with Gasteiger partial charge in [0.25, 0.3) is 5.91 Å². The van der Waals surface area contributed by atoms with Crippen LogP contribution in [-0.4, -0.2) is 11.5 Å². The SMILES string of the molecule is CCC1(CC)C[C@H](NC(=O)c2ccc(F)cc2)c2ccccc2O1. The van der Waals surface area contributed by atoms with Crippen LogP contribution in [0.5, 0.6) is 5.75 Å². The number of ether oxygens (including phenoxy) is 1. The van der Waals surface area contributed by atoms with Crippen molar-refractivity contribution in [3.05, 3.63) is 65.5 Å². The third kappa shape index (κ3) is 3.14. The normalized spacial score (nSPS) is 18.4. The average Bonchev–Trinajstić information content (AvgIpc) is 2.62. The van der Waals surface area contributed by atoms with Crippen LogP contribution in [0.4, 0.5) is 4.39 Å². The van der Waals surface area contributed by atoms with E-state index in [2.05, 4.69) is 19.2 Å². The van der Waals surface area contributed by atoms with Crippen molar-refractivity contribution in [2.75, 3.05) is 0 Å². The van der Waals surface area contributed by atoms with Gasteiger partial charge in [-0.05, 0) is 43.2 Å². The molecule has 0 aliphatic carbocycles. The first-order chi connectivity index (χ1) is 11.6. The molecule has 1 aliphatic rings. The highest BCUT2D eigenvalue weighted by Gasteiger charge is 2.38. The standard InChI is InChI=1S/C20H22FNO2/c1-3-20(4-2)13-17(16-7-5-6-8-18(16)24-20)22-19(23)14-9-11-15(21)12-10-14/h5-12,17H,3-4,13H2,1-2H3,(H,22,23)/t17-/m0/s1. The van der Waals surface area contributed by atoms with E-state index < -0.39 is 0 Å². The van der Waals surface area contributed by atoms with Gasteiger partial charge in [0.15, 0.2) is 0 Å². The third-order valence-electron chi connectivity index (χ3n) is 4.90. The summed E-state index contributed by atoms with van der Waals surface area (Å²) in [4.78, 5) is 12.5. The quantitative estimate of drug-likeness (QED) is 0.888. The molecule has 3 nitrogen and oxygen atoms in total. The molecule has 1 heterocycles. The molecule has 3 rings (SSSR count). The molecule has 0 fully saturated rings. The summed E-state index contributed by atoms with van der Waals surface area (Å²) in [7, 11) is 0. The van der Waals surface area contributed by atoms with E-state index >= 15 is 0 Å². The van der Waals surface area contributed by atoms with Crippen molar-refractivity contribution in [2.45, 2.75) is 44.8 Å². The zero-order valence-electron chi connectivity index (χ0n) is 14.0. The Hall–Kier alpha value is -2.36. The van der Waals surface area contributed by atoms with Crippen LogP contribution in [0.15, 0.2) is 48.5 Å². The molecule has 126 valence electrons. The maximum absolute atomic E-state index is 13.1. The number of halogens is 1. The molecule has 0 spiro atoms. The number of nitrogens with one attached hydrogen (secondary N) is 1. The van der Waals surface area contributed by atoms with Gasteiger partial charge in [0, 0.05) is 17.5 Å². The van der Waals surface area contributed by atoms with Crippen LogP contribution in [0.3, 0.4) is 0 Å². The summed E-state index contributed by atoms with van der Waals surface area (Å²) in [6.07, 6.45) is 2.48. The minimum absolute atomic E-state index is 0.118. The van der Waals surface area contributed by atoms with Crippen LogP contribution in [0.25, 0.3) is 0 Å². The van der Waals surface area contributed by atoms with Gasteiger partial charge in [0.1, 0.15) is 17.2 Å². The Bertz CT molecular complexity index is 723. The second-order valence-corrected chi connectivity index (χ2v) is 6.27. The number of benzene rings is 2. The zero-order valence-corrected chi connectivity index (χ0v) is 14.0. The molecule has 4 heteroatoms. The lowest BCUT2D eigenvalue weighted by atomic mass is 9.83. The van der Waals surface area contributed by atoms with E-state index in [1.807, 2.05) is 24.3 Å². The van der Waals surface area contributed by atoms with Crippen LogP contribution >= 0.6 is 0 Å². The van der Waals surface area contributed by atoms with Gasteiger partial charge < -0.3 is 10.1 Å². The van der Waals surface area contributed by atoms with Gasteiger partial charge in [-0.25, -0.2) is 4.39 Å². The van der Waals surface area contributed by atoms with E-state index in [4.69, 9.17) is 4.74 Å². The van der Waals surface area contributed by atoms with Gasteiger partial charge >= 0.3 is 0 Å². The second kappa shape index (κ2) is 6.63. The molecule has 0 bridgehead atoms. The molecule has 1 aliphatic heterocycles. The third-order valence-corrected chi connectivity index (χ3v) is 4.90. The van der Waals surface area contributed by atoms with Crippen molar-refractivity contribution in [1.29, 1.82) is 0 Å².